The minimum Gasteiger partial charge on any atom is -0.361 e. The SMILES string of the molecule is CCNC(=NCCc1c[nH]c2cc(C)ccc12)NCCNC(=O)C1CC1.I. The largest absolute Gasteiger partial charge is 0.361 e. The van der Waals surface area contributed by atoms with E-state index >= 15 is 0 Å². The van der Waals surface area contributed by atoms with Gasteiger partial charge in [0.05, 0.1) is 0 Å². The summed E-state index contributed by atoms with van der Waals surface area (Å²) < 4.78 is 0. The second kappa shape index (κ2) is 10.5. The highest BCUT2D eigenvalue weighted by molar-refractivity contribution is 14.0. The number of rotatable bonds is 8. The topological polar surface area (TPSA) is 81.3 Å². The average molecular weight is 483 g/mol. The first-order valence-electron chi connectivity index (χ1n) is 9.54. The van der Waals surface area contributed by atoms with E-state index in [9.17, 15) is 4.79 Å². The van der Waals surface area contributed by atoms with Crippen LogP contribution in [0, 0.1) is 12.8 Å². The molecule has 0 unspecified atom stereocenters. The lowest BCUT2D eigenvalue weighted by molar-refractivity contribution is -0.122. The fourth-order valence-electron chi connectivity index (χ4n) is 2.99. The van der Waals surface area contributed by atoms with Gasteiger partial charge in [0, 0.05) is 49.2 Å². The van der Waals surface area contributed by atoms with Gasteiger partial charge in [-0.1, -0.05) is 12.1 Å². The third-order valence-corrected chi connectivity index (χ3v) is 4.58. The molecule has 1 aliphatic carbocycles. The molecule has 1 aliphatic rings. The summed E-state index contributed by atoms with van der Waals surface area (Å²) in [7, 11) is 0. The van der Waals surface area contributed by atoms with Gasteiger partial charge in [-0.05, 0) is 50.3 Å². The second-order valence-corrected chi connectivity index (χ2v) is 6.87. The van der Waals surface area contributed by atoms with Crippen LogP contribution in [0.25, 0.3) is 10.9 Å². The van der Waals surface area contributed by atoms with Crippen LogP contribution in [0.2, 0.25) is 0 Å². The predicted octanol–water partition coefficient (Wildman–Crippen LogP) is 2.72. The van der Waals surface area contributed by atoms with Gasteiger partial charge in [0.25, 0.3) is 0 Å². The van der Waals surface area contributed by atoms with Gasteiger partial charge in [-0.15, -0.1) is 24.0 Å². The molecule has 1 aromatic carbocycles. The van der Waals surface area contributed by atoms with Gasteiger partial charge >= 0.3 is 0 Å². The molecule has 1 amide bonds. The van der Waals surface area contributed by atoms with E-state index in [1.54, 1.807) is 0 Å². The Bertz CT molecular complexity index is 782. The number of guanidine groups is 1. The number of benzene rings is 1. The summed E-state index contributed by atoms with van der Waals surface area (Å²) in [6.07, 6.45) is 5.04. The summed E-state index contributed by atoms with van der Waals surface area (Å²) in [5, 5.41) is 10.8. The van der Waals surface area contributed by atoms with Gasteiger partial charge in [0.15, 0.2) is 5.96 Å². The quantitative estimate of drug-likeness (QED) is 0.202. The molecule has 0 atom stereocenters. The number of amides is 1. The van der Waals surface area contributed by atoms with Gasteiger partial charge in [-0.3, -0.25) is 9.79 Å². The number of aromatic nitrogens is 1. The smallest absolute Gasteiger partial charge is 0.223 e. The maximum absolute atomic E-state index is 11.6. The van der Waals surface area contributed by atoms with E-state index in [-0.39, 0.29) is 35.8 Å². The molecule has 3 rings (SSSR count). The van der Waals surface area contributed by atoms with Crippen LogP contribution in [-0.4, -0.2) is 43.0 Å². The first-order valence-corrected chi connectivity index (χ1v) is 9.54. The lowest BCUT2D eigenvalue weighted by atomic mass is 10.1. The highest BCUT2D eigenvalue weighted by Gasteiger charge is 2.28. The first-order chi connectivity index (χ1) is 12.7. The molecule has 0 bridgehead atoms. The number of hydrogen-bond donors (Lipinski definition) is 4. The number of fused-ring (bicyclic) bond motifs is 1. The Labute approximate surface area is 178 Å². The standard InChI is InChI=1S/C20H29N5O.HI/c1-3-21-20(24-11-10-22-19(26)15-5-6-15)23-9-8-16-13-25-18-12-14(2)4-7-17(16)18;/h4,7,12-13,15,25H,3,5-6,8-11H2,1-2H3,(H,22,26)(H2,21,23,24);1H. The van der Waals surface area contributed by atoms with Gasteiger partial charge in [0.2, 0.25) is 5.91 Å². The second-order valence-electron chi connectivity index (χ2n) is 6.87. The van der Waals surface area contributed by atoms with E-state index in [0.29, 0.717) is 19.6 Å². The molecule has 0 saturated heterocycles. The highest BCUT2D eigenvalue weighted by Crippen LogP contribution is 2.28. The first kappa shape index (κ1) is 21.5. The van der Waals surface area contributed by atoms with Crippen molar-refractivity contribution in [2.45, 2.75) is 33.1 Å². The van der Waals surface area contributed by atoms with Crippen LogP contribution in [0.5, 0.6) is 0 Å². The number of aliphatic imine (C=N–C) groups is 1. The maximum atomic E-state index is 11.6. The maximum Gasteiger partial charge on any atom is 0.223 e. The van der Waals surface area contributed by atoms with Crippen molar-refractivity contribution < 1.29 is 4.79 Å². The molecule has 1 fully saturated rings. The van der Waals surface area contributed by atoms with Crippen molar-refractivity contribution in [2.24, 2.45) is 10.9 Å². The van der Waals surface area contributed by atoms with Crippen LogP contribution in [0.4, 0.5) is 0 Å². The summed E-state index contributed by atoms with van der Waals surface area (Å²) in [6.45, 7) is 6.98. The van der Waals surface area contributed by atoms with Gasteiger partial charge in [-0.25, -0.2) is 0 Å². The number of aryl methyl sites for hydroxylation is 1. The van der Waals surface area contributed by atoms with Crippen molar-refractivity contribution in [3.05, 3.63) is 35.5 Å². The van der Waals surface area contributed by atoms with E-state index < -0.39 is 0 Å². The zero-order valence-electron chi connectivity index (χ0n) is 16.1. The molecule has 2 aromatic rings. The van der Waals surface area contributed by atoms with E-state index in [1.165, 1.54) is 22.0 Å². The monoisotopic (exact) mass is 483 g/mol. The lowest BCUT2D eigenvalue weighted by Gasteiger charge is -2.11. The minimum atomic E-state index is 0. The van der Waals surface area contributed by atoms with Crippen LogP contribution in [0.15, 0.2) is 29.4 Å². The number of H-pyrrole nitrogens is 1. The molecule has 1 heterocycles. The summed E-state index contributed by atoms with van der Waals surface area (Å²) >= 11 is 0. The molecular formula is C20H30IN5O. The Morgan fingerprint density at radius 1 is 1.22 bits per heavy atom. The Balaban J connectivity index is 0.00000261. The molecule has 4 N–H and O–H groups in total. The molecule has 0 radical (unpaired) electrons. The number of hydrogen-bond acceptors (Lipinski definition) is 2. The third-order valence-electron chi connectivity index (χ3n) is 4.58. The summed E-state index contributed by atoms with van der Waals surface area (Å²) in [4.78, 5) is 19.6. The number of nitrogens with one attached hydrogen (secondary N) is 4. The Hall–Kier alpha value is -1.77. The highest BCUT2D eigenvalue weighted by atomic mass is 127. The van der Waals surface area contributed by atoms with E-state index in [2.05, 4.69) is 57.2 Å². The zero-order valence-corrected chi connectivity index (χ0v) is 18.4. The van der Waals surface area contributed by atoms with E-state index in [0.717, 1.165) is 31.8 Å². The zero-order chi connectivity index (χ0) is 18.4. The van der Waals surface area contributed by atoms with Crippen LogP contribution >= 0.6 is 24.0 Å². The molecule has 0 spiro atoms. The van der Waals surface area contributed by atoms with Crippen molar-refractivity contribution in [1.82, 2.24) is 20.9 Å². The number of halogens is 1. The lowest BCUT2D eigenvalue weighted by Crippen LogP contribution is -2.41. The summed E-state index contributed by atoms with van der Waals surface area (Å²) in [5.41, 5.74) is 3.73. The number of carbonyl (C=O) groups excluding carboxylic acids is 1. The molecule has 1 saturated carbocycles. The molecule has 0 aliphatic heterocycles. The fourth-order valence-corrected chi connectivity index (χ4v) is 2.99. The van der Waals surface area contributed by atoms with Crippen molar-refractivity contribution in [1.29, 1.82) is 0 Å². The average Bonchev–Trinajstić information content (AvgIpc) is 3.41. The van der Waals surface area contributed by atoms with Crippen LogP contribution < -0.4 is 16.0 Å². The van der Waals surface area contributed by atoms with Crippen LogP contribution in [0.1, 0.15) is 30.9 Å². The minimum absolute atomic E-state index is 0. The van der Waals surface area contributed by atoms with Crippen molar-refractivity contribution >= 4 is 46.7 Å². The van der Waals surface area contributed by atoms with Crippen LogP contribution in [-0.2, 0) is 11.2 Å². The number of nitrogens with zero attached hydrogens (tertiary/aromatic N) is 1. The van der Waals surface area contributed by atoms with Crippen molar-refractivity contribution in [3.8, 4) is 0 Å². The van der Waals surface area contributed by atoms with Crippen molar-refractivity contribution in [2.75, 3.05) is 26.2 Å². The summed E-state index contributed by atoms with van der Waals surface area (Å²) in [6, 6.07) is 6.49. The Morgan fingerprint density at radius 2 is 2.00 bits per heavy atom. The molecule has 7 heteroatoms. The van der Waals surface area contributed by atoms with Crippen LogP contribution in [0.3, 0.4) is 0 Å². The van der Waals surface area contributed by atoms with Crippen molar-refractivity contribution in [3.63, 3.8) is 0 Å². The molecular weight excluding hydrogens is 453 g/mol. The normalized spacial score (nSPS) is 13.9. The summed E-state index contributed by atoms with van der Waals surface area (Å²) in [5.74, 6) is 1.24. The molecule has 6 nitrogen and oxygen atoms in total. The molecule has 27 heavy (non-hydrogen) atoms. The van der Waals surface area contributed by atoms with E-state index in [1.807, 2.05) is 6.92 Å². The Morgan fingerprint density at radius 3 is 2.74 bits per heavy atom. The fraction of sp³-hybridized carbons (Fsp3) is 0.500. The van der Waals surface area contributed by atoms with Gasteiger partial charge < -0.3 is 20.9 Å². The predicted molar refractivity (Wildman–Crippen MR) is 122 cm³/mol. The number of carbonyl (C=O) groups is 1. The molecule has 1 aromatic heterocycles. The van der Waals surface area contributed by atoms with Gasteiger partial charge in [0.1, 0.15) is 0 Å². The molecule has 148 valence electrons. The number of aromatic amines is 1. The third kappa shape index (κ3) is 6.41. The van der Waals surface area contributed by atoms with Gasteiger partial charge in [-0.2, -0.15) is 0 Å². The Kier molecular flexibility index (Phi) is 8.40. The van der Waals surface area contributed by atoms with E-state index in [4.69, 9.17) is 0 Å².